The average Bonchev–Trinajstić information content (AvgIpc) is 2.82. The first-order valence-electron chi connectivity index (χ1n) is 4.90. The molecular formula is C9H11N5O. The van der Waals surface area contributed by atoms with Gasteiger partial charge in [0.1, 0.15) is 11.5 Å². The fourth-order valence-corrected chi connectivity index (χ4v) is 1.69. The third kappa shape index (κ3) is 1.42. The quantitative estimate of drug-likeness (QED) is 0.727. The van der Waals surface area contributed by atoms with E-state index in [4.69, 9.17) is 4.52 Å². The average molecular weight is 205 g/mol. The van der Waals surface area contributed by atoms with Gasteiger partial charge in [0.2, 0.25) is 0 Å². The number of hydrogen-bond acceptors (Lipinski definition) is 5. The van der Waals surface area contributed by atoms with Crippen molar-refractivity contribution in [1.29, 1.82) is 0 Å². The molecule has 3 heterocycles. The number of aromatic nitrogens is 4. The fourth-order valence-electron chi connectivity index (χ4n) is 1.69. The third-order valence-corrected chi connectivity index (χ3v) is 2.42. The lowest BCUT2D eigenvalue weighted by atomic mass is 10.4. The zero-order valence-corrected chi connectivity index (χ0v) is 8.40. The van der Waals surface area contributed by atoms with E-state index in [2.05, 4.69) is 25.0 Å². The summed E-state index contributed by atoms with van der Waals surface area (Å²) in [5.41, 5.74) is 0.759. The molecule has 2 aromatic rings. The molecule has 2 aromatic heterocycles. The van der Waals surface area contributed by atoms with E-state index in [0.717, 1.165) is 31.2 Å². The third-order valence-electron chi connectivity index (χ3n) is 2.42. The Labute approximate surface area is 86.3 Å². The largest absolute Gasteiger partial charge is 0.332 e. The summed E-state index contributed by atoms with van der Waals surface area (Å²) < 4.78 is 7.19. The van der Waals surface area contributed by atoms with Gasteiger partial charge in [-0.2, -0.15) is 4.98 Å². The molecule has 78 valence electrons. The van der Waals surface area contributed by atoms with E-state index in [-0.39, 0.29) is 0 Å². The van der Waals surface area contributed by atoms with E-state index in [9.17, 15) is 0 Å². The number of nitrogens with one attached hydrogen (secondary N) is 1. The molecule has 0 bridgehead atoms. The van der Waals surface area contributed by atoms with Crippen molar-refractivity contribution in [1.82, 2.24) is 25.0 Å². The molecule has 0 saturated carbocycles. The molecule has 6 nitrogen and oxygen atoms in total. The zero-order chi connectivity index (χ0) is 10.3. The van der Waals surface area contributed by atoms with Crippen LogP contribution >= 0.6 is 0 Å². The maximum Gasteiger partial charge on any atom is 0.278 e. The molecule has 0 saturated heterocycles. The van der Waals surface area contributed by atoms with Gasteiger partial charge in [-0.1, -0.05) is 5.16 Å². The molecule has 0 aromatic carbocycles. The molecule has 1 aliphatic heterocycles. The minimum atomic E-state index is 0.495. The summed E-state index contributed by atoms with van der Waals surface area (Å²) in [6.45, 7) is 4.51. The van der Waals surface area contributed by atoms with Gasteiger partial charge in [0, 0.05) is 19.3 Å². The maximum atomic E-state index is 5.07. The van der Waals surface area contributed by atoms with Crippen LogP contribution in [0.15, 0.2) is 10.7 Å². The summed E-state index contributed by atoms with van der Waals surface area (Å²) in [7, 11) is 0. The number of hydrogen-bond donors (Lipinski definition) is 1. The highest BCUT2D eigenvalue weighted by Crippen LogP contribution is 2.17. The van der Waals surface area contributed by atoms with Crippen LogP contribution in [-0.4, -0.2) is 26.2 Å². The summed E-state index contributed by atoms with van der Waals surface area (Å²) in [6.07, 6.45) is 1.96. The van der Waals surface area contributed by atoms with E-state index in [1.165, 1.54) is 0 Å². The lowest BCUT2D eigenvalue weighted by Crippen LogP contribution is -2.27. The maximum absolute atomic E-state index is 5.07. The molecule has 0 unspecified atom stereocenters. The highest BCUT2D eigenvalue weighted by Gasteiger charge is 2.16. The molecule has 0 aliphatic carbocycles. The van der Waals surface area contributed by atoms with Crippen LogP contribution in [0.3, 0.4) is 0 Å². The summed E-state index contributed by atoms with van der Waals surface area (Å²) >= 11 is 0. The number of imidazole rings is 1. The number of rotatable bonds is 1. The van der Waals surface area contributed by atoms with Crippen LogP contribution in [-0.2, 0) is 13.1 Å². The fraction of sp³-hybridized carbons (Fsp3) is 0.444. The molecule has 0 spiro atoms. The summed E-state index contributed by atoms with van der Waals surface area (Å²) in [5, 5.41) is 7.01. The highest BCUT2D eigenvalue weighted by molar-refractivity contribution is 5.45. The minimum Gasteiger partial charge on any atom is -0.332 e. The molecule has 0 amide bonds. The smallest absolute Gasteiger partial charge is 0.278 e. The highest BCUT2D eigenvalue weighted by atomic mass is 16.5. The molecule has 15 heavy (non-hydrogen) atoms. The van der Waals surface area contributed by atoms with E-state index in [0.29, 0.717) is 11.7 Å². The van der Waals surface area contributed by atoms with Crippen LogP contribution < -0.4 is 5.32 Å². The van der Waals surface area contributed by atoms with Gasteiger partial charge >= 0.3 is 0 Å². The van der Waals surface area contributed by atoms with Crippen molar-refractivity contribution < 1.29 is 4.52 Å². The zero-order valence-electron chi connectivity index (χ0n) is 8.40. The van der Waals surface area contributed by atoms with E-state index in [1.54, 1.807) is 6.92 Å². The molecule has 0 radical (unpaired) electrons. The van der Waals surface area contributed by atoms with E-state index >= 15 is 0 Å². The van der Waals surface area contributed by atoms with Gasteiger partial charge in [-0.05, 0) is 6.92 Å². The van der Waals surface area contributed by atoms with Crippen molar-refractivity contribution in [3.05, 3.63) is 17.8 Å². The minimum absolute atomic E-state index is 0.495. The predicted molar refractivity (Wildman–Crippen MR) is 52.0 cm³/mol. The normalized spacial score (nSPS) is 15.3. The van der Waals surface area contributed by atoms with Gasteiger partial charge in [-0.25, -0.2) is 4.98 Å². The Morgan fingerprint density at radius 1 is 1.47 bits per heavy atom. The lowest BCUT2D eigenvalue weighted by Gasteiger charge is -2.13. The second-order valence-electron chi connectivity index (χ2n) is 3.56. The van der Waals surface area contributed by atoms with Crippen LogP contribution in [0, 0.1) is 6.92 Å². The first kappa shape index (κ1) is 8.60. The van der Waals surface area contributed by atoms with Crippen molar-refractivity contribution in [3.8, 4) is 11.6 Å². The van der Waals surface area contributed by atoms with Crippen molar-refractivity contribution >= 4 is 0 Å². The van der Waals surface area contributed by atoms with Crippen molar-refractivity contribution in [3.63, 3.8) is 0 Å². The number of aryl methyl sites for hydroxylation is 1. The van der Waals surface area contributed by atoms with Crippen LogP contribution in [0.25, 0.3) is 11.6 Å². The molecule has 3 rings (SSSR count). The first-order chi connectivity index (χ1) is 7.33. The molecule has 0 atom stereocenters. The second-order valence-corrected chi connectivity index (χ2v) is 3.56. The van der Waals surface area contributed by atoms with Crippen molar-refractivity contribution in [2.75, 3.05) is 6.54 Å². The van der Waals surface area contributed by atoms with E-state index < -0.39 is 0 Å². The second kappa shape index (κ2) is 3.16. The van der Waals surface area contributed by atoms with Crippen LogP contribution in [0.2, 0.25) is 0 Å². The van der Waals surface area contributed by atoms with Crippen LogP contribution in [0.5, 0.6) is 0 Å². The standard InChI is InChI=1S/C9H11N5O/c1-6-11-9(15-13-6)7-5-14-3-2-10-4-8(14)12-7/h5,10H,2-4H2,1H3. The Balaban J connectivity index is 2.02. The van der Waals surface area contributed by atoms with Crippen molar-refractivity contribution in [2.45, 2.75) is 20.0 Å². The Bertz CT molecular complexity index is 463. The molecule has 1 aliphatic rings. The summed E-state index contributed by atoms with van der Waals surface area (Å²) in [4.78, 5) is 8.59. The Hall–Kier alpha value is -1.69. The Morgan fingerprint density at radius 2 is 2.40 bits per heavy atom. The van der Waals surface area contributed by atoms with Crippen LogP contribution in [0.1, 0.15) is 11.6 Å². The van der Waals surface area contributed by atoms with Gasteiger partial charge in [-0.15, -0.1) is 0 Å². The first-order valence-corrected chi connectivity index (χ1v) is 4.90. The summed E-state index contributed by atoms with van der Waals surface area (Å²) in [5.74, 6) is 2.15. The molecule has 6 heteroatoms. The number of fused-ring (bicyclic) bond motifs is 1. The lowest BCUT2D eigenvalue weighted by molar-refractivity contribution is 0.424. The van der Waals surface area contributed by atoms with Crippen molar-refractivity contribution in [2.24, 2.45) is 0 Å². The Morgan fingerprint density at radius 3 is 3.13 bits per heavy atom. The van der Waals surface area contributed by atoms with Gasteiger partial charge in [0.15, 0.2) is 5.82 Å². The summed E-state index contributed by atoms with van der Waals surface area (Å²) in [6, 6.07) is 0. The van der Waals surface area contributed by atoms with Gasteiger partial charge in [-0.3, -0.25) is 0 Å². The van der Waals surface area contributed by atoms with E-state index in [1.807, 2.05) is 6.20 Å². The Kier molecular flexibility index (Phi) is 1.81. The molecular weight excluding hydrogens is 194 g/mol. The monoisotopic (exact) mass is 205 g/mol. The van der Waals surface area contributed by atoms with Gasteiger partial charge < -0.3 is 14.4 Å². The van der Waals surface area contributed by atoms with Gasteiger partial charge in [0.05, 0.1) is 6.54 Å². The van der Waals surface area contributed by atoms with Crippen LogP contribution in [0.4, 0.5) is 0 Å². The topological polar surface area (TPSA) is 68.8 Å². The SMILES string of the molecule is Cc1noc(-c2cn3c(n2)CNCC3)n1. The van der Waals surface area contributed by atoms with Gasteiger partial charge in [0.25, 0.3) is 5.89 Å². The predicted octanol–water partition coefficient (Wildman–Crippen LogP) is 0.345. The molecule has 1 N–H and O–H groups in total. The number of nitrogens with zero attached hydrogens (tertiary/aromatic N) is 4. The molecule has 0 fully saturated rings.